The maximum atomic E-state index is 12.7. The maximum absolute atomic E-state index is 12.7. The van der Waals surface area contributed by atoms with Crippen LogP contribution in [0.3, 0.4) is 0 Å². The van der Waals surface area contributed by atoms with E-state index >= 15 is 0 Å². The van der Waals surface area contributed by atoms with Gasteiger partial charge in [0.05, 0.1) is 30.8 Å². The molecule has 1 aliphatic rings. The van der Waals surface area contributed by atoms with Gasteiger partial charge in [-0.1, -0.05) is 17.7 Å². The number of nitrogens with one attached hydrogen (secondary N) is 1. The number of hydrogen-bond acceptors (Lipinski definition) is 4. The second-order valence-electron chi connectivity index (χ2n) is 6.99. The van der Waals surface area contributed by atoms with E-state index < -0.39 is 0 Å². The Hall–Kier alpha value is -3.02. The van der Waals surface area contributed by atoms with Crippen molar-refractivity contribution in [2.24, 2.45) is 13.0 Å². The summed E-state index contributed by atoms with van der Waals surface area (Å²) >= 11 is 0. The number of rotatable bonds is 4. The molecule has 2 aromatic carbocycles. The van der Waals surface area contributed by atoms with Crippen LogP contribution in [0.15, 0.2) is 36.4 Å². The van der Waals surface area contributed by atoms with Gasteiger partial charge < -0.3 is 14.8 Å². The monoisotopic (exact) mass is 365 g/mol. The Balaban J connectivity index is 1.45. The summed E-state index contributed by atoms with van der Waals surface area (Å²) in [5, 5.41) is 8.67. The van der Waals surface area contributed by atoms with Gasteiger partial charge in [-0.3, -0.25) is 9.48 Å². The molecule has 3 aromatic rings. The van der Waals surface area contributed by atoms with Crippen molar-refractivity contribution in [3.05, 3.63) is 53.2 Å². The molecule has 0 saturated carbocycles. The van der Waals surface area contributed by atoms with Gasteiger partial charge in [0.15, 0.2) is 0 Å². The quantitative estimate of drug-likeness (QED) is 0.772. The number of nitrogens with zero attached hydrogens (tertiary/aromatic N) is 2. The summed E-state index contributed by atoms with van der Waals surface area (Å²) < 4.78 is 12.9. The van der Waals surface area contributed by atoms with Crippen molar-refractivity contribution in [3.63, 3.8) is 0 Å². The lowest BCUT2D eigenvalue weighted by atomic mass is 9.96. The molecule has 2 heterocycles. The summed E-state index contributed by atoms with van der Waals surface area (Å²) in [4.78, 5) is 12.7. The number of carbonyl (C=O) groups excluding carboxylic acids is 1. The van der Waals surface area contributed by atoms with E-state index in [0.717, 1.165) is 33.7 Å². The molecule has 1 aromatic heterocycles. The van der Waals surface area contributed by atoms with Crippen LogP contribution in [0, 0.1) is 12.8 Å². The lowest BCUT2D eigenvalue weighted by molar-refractivity contribution is -0.126. The van der Waals surface area contributed by atoms with Crippen molar-refractivity contribution in [1.29, 1.82) is 0 Å². The van der Waals surface area contributed by atoms with Crippen molar-refractivity contribution in [2.75, 3.05) is 13.7 Å². The lowest BCUT2D eigenvalue weighted by Gasteiger charge is -2.24. The predicted octanol–water partition coefficient (Wildman–Crippen LogP) is 2.76. The largest absolute Gasteiger partial charge is 0.497 e. The van der Waals surface area contributed by atoms with Gasteiger partial charge in [0.1, 0.15) is 18.1 Å². The third kappa shape index (κ3) is 3.35. The molecule has 1 atom stereocenters. The fourth-order valence-electron chi connectivity index (χ4n) is 3.55. The Labute approximate surface area is 158 Å². The molecule has 0 bridgehead atoms. The third-order valence-corrected chi connectivity index (χ3v) is 5.06. The molecule has 27 heavy (non-hydrogen) atoms. The van der Waals surface area contributed by atoms with Crippen molar-refractivity contribution in [1.82, 2.24) is 15.1 Å². The summed E-state index contributed by atoms with van der Waals surface area (Å²) in [6, 6.07) is 12.0. The Bertz CT molecular complexity index is 1010. The number of aryl methyl sites for hydroxylation is 2. The summed E-state index contributed by atoms with van der Waals surface area (Å²) in [6.45, 7) is 2.83. The van der Waals surface area contributed by atoms with Gasteiger partial charge in [-0.05, 0) is 37.1 Å². The van der Waals surface area contributed by atoms with Crippen molar-refractivity contribution in [3.8, 4) is 11.5 Å². The second kappa shape index (κ2) is 6.95. The molecular weight excluding hydrogens is 342 g/mol. The number of amides is 1. The number of carbonyl (C=O) groups is 1. The van der Waals surface area contributed by atoms with E-state index in [2.05, 4.69) is 35.5 Å². The molecule has 0 radical (unpaired) electrons. The van der Waals surface area contributed by atoms with Crippen LogP contribution in [0.5, 0.6) is 11.5 Å². The summed E-state index contributed by atoms with van der Waals surface area (Å²) in [5.41, 5.74) is 4.15. The van der Waals surface area contributed by atoms with Crippen LogP contribution in [0.2, 0.25) is 0 Å². The van der Waals surface area contributed by atoms with Crippen molar-refractivity contribution in [2.45, 2.75) is 19.9 Å². The van der Waals surface area contributed by atoms with Gasteiger partial charge in [0.25, 0.3) is 0 Å². The topological polar surface area (TPSA) is 65.4 Å². The van der Waals surface area contributed by atoms with Crippen LogP contribution in [0.25, 0.3) is 10.9 Å². The molecule has 0 saturated heterocycles. The fourth-order valence-corrected chi connectivity index (χ4v) is 3.55. The van der Waals surface area contributed by atoms with Crippen LogP contribution in [-0.2, 0) is 24.8 Å². The van der Waals surface area contributed by atoms with Gasteiger partial charge in [-0.2, -0.15) is 5.10 Å². The van der Waals surface area contributed by atoms with Gasteiger partial charge in [0, 0.05) is 18.5 Å². The minimum Gasteiger partial charge on any atom is -0.497 e. The molecule has 4 rings (SSSR count). The average molecular weight is 365 g/mol. The van der Waals surface area contributed by atoms with E-state index in [1.54, 1.807) is 7.11 Å². The van der Waals surface area contributed by atoms with Crippen LogP contribution in [0.4, 0.5) is 0 Å². The van der Waals surface area contributed by atoms with E-state index in [9.17, 15) is 4.79 Å². The van der Waals surface area contributed by atoms with E-state index in [-0.39, 0.29) is 11.8 Å². The Morgan fingerprint density at radius 2 is 2.19 bits per heavy atom. The number of benzene rings is 2. The highest BCUT2D eigenvalue weighted by molar-refractivity contribution is 5.84. The number of aromatic nitrogens is 2. The Morgan fingerprint density at radius 3 is 3.00 bits per heavy atom. The predicted molar refractivity (Wildman–Crippen MR) is 103 cm³/mol. The molecule has 140 valence electrons. The minimum atomic E-state index is -0.206. The molecule has 0 spiro atoms. The van der Waals surface area contributed by atoms with Crippen LogP contribution in [-0.4, -0.2) is 29.4 Å². The molecule has 0 aliphatic carbocycles. The van der Waals surface area contributed by atoms with Crippen molar-refractivity contribution < 1.29 is 14.3 Å². The molecule has 1 unspecified atom stereocenters. The highest BCUT2D eigenvalue weighted by Crippen LogP contribution is 2.31. The standard InChI is InChI=1S/C21H23N3O3/c1-13-4-7-19-17(8-13)18(23-24(19)2)11-22-21(25)15-9-14-5-6-16(26-3)10-20(14)27-12-15/h4-8,10,15H,9,11-12H2,1-3H3,(H,22,25). The van der Waals surface area contributed by atoms with Gasteiger partial charge >= 0.3 is 0 Å². The highest BCUT2D eigenvalue weighted by Gasteiger charge is 2.26. The summed E-state index contributed by atoms with van der Waals surface area (Å²) in [7, 11) is 3.55. The van der Waals surface area contributed by atoms with Gasteiger partial charge in [-0.25, -0.2) is 0 Å². The molecule has 0 fully saturated rings. The molecule has 1 N–H and O–H groups in total. The van der Waals surface area contributed by atoms with E-state index in [1.807, 2.05) is 29.9 Å². The lowest BCUT2D eigenvalue weighted by Crippen LogP contribution is -2.37. The number of fused-ring (bicyclic) bond motifs is 2. The van der Waals surface area contributed by atoms with Crippen LogP contribution in [0.1, 0.15) is 16.8 Å². The summed E-state index contributed by atoms with van der Waals surface area (Å²) in [5.74, 6) is 1.34. The molecule has 1 aliphatic heterocycles. The van der Waals surface area contributed by atoms with Gasteiger partial charge in [-0.15, -0.1) is 0 Å². The van der Waals surface area contributed by atoms with Crippen molar-refractivity contribution >= 4 is 16.8 Å². The Kier molecular flexibility index (Phi) is 4.48. The molecular formula is C21H23N3O3. The minimum absolute atomic E-state index is 0.0112. The molecule has 6 nitrogen and oxygen atoms in total. The zero-order valence-corrected chi connectivity index (χ0v) is 15.8. The zero-order chi connectivity index (χ0) is 19.0. The zero-order valence-electron chi connectivity index (χ0n) is 15.8. The molecule has 6 heteroatoms. The number of methoxy groups -OCH3 is 1. The third-order valence-electron chi connectivity index (χ3n) is 5.06. The first kappa shape index (κ1) is 17.4. The van der Waals surface area contributed by atoms with Gasteiger partial charge in [0.2, 0.25) is 5.91 Å². The SMILES string of the molecule is COc1ccc2c(c1)OCC(C(=O)NCc1nn(C)c3ccc(C)cc13)C2. The van der Waals surface area contributed by atoms with Crippen LogP contribution >= 0.6 is 0 Å². The first-order chi connectivity index (χ1) is 13.0. The first-order valence-corrected chi connectivity index (χ1v) is 9.05. The molecule has 1 amide bonds. The normalized spacial score (nSPS) is 15.9. The van der Waals surface area contributed by atoms with Crippen LogP contribution < -0.4 is 14.8 Å². The maximum Gasteiger partial charge on any atom is 0.227 e. The second-order valence-corrected chi connectivity index (χ2v) is 6.99. The van der Waals surface area contributed by atoms with E-state index in [0.29, 0.717) is 19.6 Å². The van der Waals surface area contributed by atoms with E-state index in [1.165, 1.54) is 5.56 Å². The highest BCUT2D eigenvalue weighted by atomic mass is 16.5. The van der Waals surface area contributed by atoms with E-state index in [4.69, 9.17) is 9.47 Å². The Morgan fingerprint density at radius 1 is 1.33 bits per heavy atom. The fraction of sp³-hybridized carbons (Fsp3) is 0.333. The smallest absolute Gasteiger partial charge is 0.227 e. The average Bonchev–Trinajstić information content (AvgIpc) is 3.00. The summed E-state index contributed by atoms with van der Waals surface area (Å²) in [6.07, 6.45) is 0.660. The first-order valence-electron chi connectivity index (χ1n) is 9.05. The number of hydrogen-bond donors (Lipinski definition) is 1. The number of ether oxygens (including phenoxy) is 2.